The van der Waals surface area contributed by atoms with Crippen LogP contribution in [0, 0.1) is 23.0 Å². The third-order valence-electron chi connectivity index (χ3n) is 3.75. The summed E-state index contributed by atoms with van der Waals surface area (Å²) in [5, 5.41) is 28.7. The largest absolute Gasteiger partial charge is 0.507 e. The number of halogens is 3. The fourth-order valence-electron chi connectivity index (χ4n) is 2.52. The number of phenols is 2. The third kappa shape index (κ3) is 3.00. The Morgan fingerprint density at radius 1 is 0.840 bits per heavy atom. The van der Waals surface area contributed by atoms with E-state index in [4.69, 9.17) is 16.9 Å². The number of nitrogens with zero attached hydrogens (tertiary/aromatic N) is 1. The van der Waals surface area contributed by atoms with Crippen LogP contribution in [0.3, 0.4) is 0 Å². The van der Waals surface area contributed by atoms with E-state index in [9.17, 15) is 19.0 Å². The first-order valence-corrected chi connectivity index (χ1v) is 7.50. The Labute approximate surface area is 147 Å². The van der Waals surface area contributed by atoms with Gasteiger partial charge in [0.2, 0.25) is 0 Å². The zero-order valence-electron chi connectivity index (χ0n) is 12.6. The Kier molecular flexibility index (Phi) is 4.30. The number of aromatic hydroxyl groups is 2. The van der Waals surface area contributed by atoms with Gasteiger partial charge in [0.25, 0.3) is 0 Å². The van der Waals surface area contributed by atoms with E-state index in [1.165, 1.54) is 36.4 Å². The summed E-state index contributed by atoms with van der Waals surface area (Å²) in [5.74, 6) is -2.28. The fraction of sp³-hybridized carbons (Fsp3) is 0. The quantitative estimate of drug-likeness (QED) is 0.659. The average Bonchev–Trinajstić information content (AvgIpc) is 2.59. The van der Waals surface area contributed by atoms with Gasteiger partial charge in [-0.2, -0.15) is 5.26 Å². The highest BCUT2D eigenvalue weighted by molar-refractivity contribution is 6.32. The first kappa shape index (κ1) is 16.7. The molecule has 25 heavy (non-hydrogen) atoms. The predicted molar refractivity (Wildman–Crippen MR) is 90.3 cm³/mol. The summed E-state index contributed by atoms with van der Waals surface area (Å²) in [7, 11) is 0. The molecular formula is C19H10ClF2NO2. The molecule has 3 rings (SSSR count). The lowest BCUT2D eigenvalue weighted by Crippen LogP contribution is -1.93. The van der Waals surface area contributed by atoms with E-state index in [2.05, 4.69) is 0 Å². The Hall–Kier alpha value is -3.10. The maximum atomic E-state index is 14.5. The van der Waals surface area contributed by atoms with Gasteiger partial charge in [0, 0.05) is 22.3 Å². The Morgan fingerprint density at radius 3 is 2.08 bits per heavy atom. The molecule has 3 nitrogen and oxygen atoms in total. The van der Waals surface area contributed by atoms with E-state index in [0.717, 1.165) is 12.1 Å². The minimum Gasteiger partial charge on any atom is -0.507 e. The van der Waals surface area contributed by atoms with Crippen LogP contribution < -0.4 is 0 Å². The fourth-order valence-corrected chi connectivity index (χ4v) is 2.70. The highest BCUT2D eigenvalue weighted by Gasteiger charge is 2.18. The molecule has 0 unspecified atom stereocenters. The highest BCUT2D eigenvalue weighted by Crippen LogP contribution is 2.39. The maximum Gasteiger partial charge on any atom is 0.142 e. The number of benzene rings is 3. The van der Waals surface area contributed by atoms with Crippen LogP contribution in [-0.4, -0.2) is 10.2 Å². The van der Waals surface area contributed by atoms with Crippen LogP contribution in [0.25, 0.3) is 22.3 Å². The van der Waals surface area contributed by atoms with Crippen molar-refractivity contribution in [1.29, 1.82) is 5.26 Å². The predicted octanol–water partition coefficient (Wildman–Crippen LogP) is 5.24. The minimum atomic E-state index is -0.796. The molecule has 2 N–H and O–H groups in total. The van der Waals surface area contributed by atoms with E-state index < -0.39 is 11.6 Å². The normalized spacial score (nSPS) is 10.5. The summed E-state index contributed by atoms with van der Waals surface area (Å²) in [6.07, 6.45) is 0. The lowest BCUT2D eigenvalue weighted by atomic mass is 9.97. The molecule has 0 bridgehead atoms. The highest BCUT2D eigenvalue weighted by atomic mass is 35.5. The van der Waals surface area contributed by atoms with Crippen LogP contribution in [0.15, 0.2) is 48.5 Å². The summed E-state index contributed by atoms with van der Waals surface area (Å²) < 4.78 is 29.1. The second-order valence-electron chi connectivity index (χ2n) is 5.29. The van der Waals surface area contributed by atoms with Gasteiger partial charge >= 0.3 is 0 Å². The molecule has 0 atom stereocenters. The second-order valence-corrected chi connectivity index (χ2v) is 5.70. The van der Waals surface area contributed by atoms with Crippen molar-refractivity contribution in [2.24, 2.45) is 0 Å². The standard InChI is InChI=1S/C19H10ClF2NO2/c20-15-3-1-2-12(19(15)25)14-8-16(21)13(7-17(14)22)11-5-4-10(9-23)6-18(11)24/h1-8,24-25H. The van der Waals surface area contributed by atoms with Gasteiger partial charge in [-0.3, -0.25) is 0 Å². The third-order valence-corrected chi connectivity index (χ3v) is 4.06. The van der Waals surface area contributed by atoms with Crippen molar-refractivity contribution in [3.63, 3.8) is 0 Å². The van der Waals surface area contributed by atoms with Crippen molar-refractivity contribution in [1.82, 2.24) is 0 Å². The summed E-state index contributed by atoms with van der Waals surface area (Å²) in [5.41, 5.74) is -0.0153. The van der Waals surface area contributed by atoms with E-state index >= 15 is 0 Å². The average molecular weight is 358 g/mol. The van der Waals surface area contributed by atoms with E-state index in [-0.39, 0.29) is 44.3 Å². The summed E-state index contributed by atoms with van der Waals surface area (Å²) in [6, 6.07) is 11.9. The molecule has 0 aliphatic rings. The number of hydrogen-bond donors (Lipinski definition) is 2. The van der Waals surface area contributed by atoms with Crippen molar-refractivity contribution in [2.75, 3.05) is 0 Å². The number of nitriles is 1. The first-order valence-electron chi connectivity index (χ1n) is 7.12. The van der Waals surface area contributed by atoms with Gasteiger partial charge in [-0.15, -0.1) is 0 Å². The SMILES string of the molecule is N#Cc1ccc(-c2cc(F)c(-c3cccc(Cl)c3O)cc2F)c(O)c1. The van der Waals surface area contributed by atoms with Gasteiger partial charge in [-0.05, 0) is 36.4 Å². The minimum absolute atomic E-state index is 0.0196. The molecular weight excluding hydrogens is 348 g/mol. The molecule has 0 radical (unpaired) electrons. The number of phenolic OH excluding ortho intramolecular Hbond substituents is 2. The molecule has 0 spiro atoms. The van der Waals surface area contributed by atoms with Gasteiger partial charge in [0.15, 0.2) is 0 Å². The molecule has 0 heterocycles. The van der Waals surface area contributed by atoms with Gasteiger partial charge in [-0.1, -0.05) is 23.7 Å². The van der Waals surface area contributed by atoms with Crippen LogP contribution in [0.2, 0.25) is 5.02 Å². The monoisotopic (exact) mass is 357 g/mol. The van der Waals surface area contributed by atoms with Crippen LogP contribution in [0.4, 0.5) is 8.78 Å². The van der Waals surface area contributed by atoms with Gasteiger partial charge in [-0.25, -0.2) is 8.78 Å². The Bertz CT molecular complexity index is 1030. The molecule has 0 aliphatic heterocycles. The molecule has 0 fully saturated rings. The van der Waals surface area contributed by atoms with Gasteiger partial charge in [0.05, 0.1) is 16.7 Å². The maximum absolute atomic E-state index is 14.5. The van der Waals surface area contributed by atoms with Crippen molar-refractivity contribution >= 4 is 11.6 Å². The van der Waals surface area contributed by atoms with Crippen molar-refractivity contribution in [2.45, 2.75) is 0 Å². The van der Waals surface area contributed by atoms with E-state index in [0.29, 0.717) is 0 Å². The lowest BCUT2D eigenvalue weighted by Gasteiger charge is -2.11. The van der Waals surface area contributed by atoms with Crippen LogP contribution in [0.1, 0.15) is 5.56 Å². The van der Waals surface area contributed by atoms with Crippen LogP contribution >= 0.6 is 11.6 Å². The zero-order chi connectivity index (χ0) is 18.1. The van der Waals surface area contributed by atoms with Crippen molar-refractivity contribution in [3.05, 3.63) is 70.8 Å². The van der Waals surface area contributed by atoms with E-state index in [1.807, 2.05) is 6.07 Å². The molecule has 0 amide bonds. The van der Waals surface area contributed by atoms with Crippen LogP contribution in [0.5, 0.6) is 11.5 Å². The Balaban J connectivity index is 2.16. The number of para-hydroxylation sites is 1. The molecule has 0 saturated carbocycles. The Morgan fingerprint density at radius 2 is 1.48 bits per heavy atom. The summed E-state index contributed by atoms with van der Waals surface area (Å²) in [4.78, 5) is 0. The molecule has 0 saturated heterocycles. The topological polar surface area (TPSA) is 64.2 Å². The molecule has 124 valence electrons. The first-order chi connectivity index (χ1) is 11.9. The summed E-state index contributed by atoms with van der Waals surface area (Å²) >= 11 is 5.81. The van der Waals surface area contributed by atoms with Crippen molar-refractivity contribution in [3.8, 4) is 39.8 Å². The number of rotatable bonds is 2. The molecule has 0 aromatic heterocycles. The molecule has 3 aromatic rings. The molecule has 3 aromatic carbocycles. The molecule has 0 aliphatic carbocycles. The van der Waals surface area contributed by atoms with Gasteiger partial charge < -0.3 is 10.2 Å². The lowest BCUT2D eigenvalue weighted by molar-refractivity contribution is 0.475. The summed E-state index contributed by atoms with van der Waals surface area (Å²) in [6.45, 7) is 0. The van der Waals surface area contributed by atoms with Crippen LogP contribution in [-0.2, 0) is 0 Å². The smallest absolute Gasteiger partial charge is 0.142 e. The van der Waals surface area contributed by atoms with E-state index in [1.54, 1.807) is 0 Å². The number of hydrogen-bond acceptors (Lipinski definition) is 3. The van der Waals surface area contributed by atoms with Gasteiger partial charge in [0.1, 0.15) is 23.1 Å². The zero-order valence-corrected chi connectivity index (χ0v) is 13.4. The second kappa shape index (κ2) is 6.42. The molecule has 6 heteroatoms. The van der Waals surface area contributed by atoms with Crippen molar-refractivity contribution < 1.29 is 19.0 Å².